The van der Waals surface area contributed by atoms with Gasteiger partial charge >= 0.3 is 6.18 Å². The number of carbonyl (C=O) groups is 1. The van der Waals surface area contributed by atoms with Crippen LogP contribution < -0.4 is 5.32 Å². The van der Waals surface area contributed by atoms with Crippen LogP contribution in [0.3, 0.4) is 0 Å². The molecule has 2 aliphatic rings. The van der Waals surface area contributed by atoms with Crippen molar-refractivity contribution in [2.24, 2.45) is 0 Å². The van der Waals surface area contributed by atoms with Gasteiger partial charge in [0.05, 0.1) is 5.56 Å². The molecule has 1 saturated heterocycles. The van der Waals surface area contributed by atoms with E-state index < -0.39 is 17.6 Å². The summed E-state index contributed by atoms with van der Waals surface area (Å²) in [5, 5.41) is 2.82. The molecule has 0 atom stereocenters. The number of carbonyl (C=O) groups excluding carboxylic acids is 1. The molecular formula is C22H23F3N2OS. The lowest BCUT2D eigenvalue weighted by Crippen LogP contribution is -2.41. The minimum atomic E-state index is -4.41. The Morgan fingerprint density at radius 1 is 1.03 bits per heavy atom. The van der Waals surface area contributed by atoms with Crippen LogP contribution in [-0.4, -0.2) is 34.9 Å². The molecule has 2 aromatic rings. The normalized spacial score (nSPS) is 18.3. The van der Waals surface area contributed by atoms with Crippen LogP contribution in [0.25, 0.3) is 0 Å². The number of benzene rings is 2. The van der Waals surface area contributed by atoms with E-state index in [1.807, 2.05) is 30.0 Å². The van der Waals surface area contributed by atoms with E-state index >= 15 is 0 Å². The van der Waals surface area contributed by atoms with Crippen molar-refractivity contribution in [3.8, 4) is 0 Å². The van der Waals surface area contributed by atoms with Gasteiger partial charge in [-0.15, -0.1) is 0 Å². The standard InChI is InChI=1S/C22H23F3N2OS/c23-22(24,25)18-4-1-16(2-5-18)21(28)26-19-6-3-15-7-10-27(14-17(15)13-19)20-8-11-29-12-9-20/h1-6,13,20H,7-12,14H2,(H,26,28). The third kappa shape index (κ3) is 4.78. The van der Waals surface area contributed by atoms with E-state index in [2.05, 4.69) is 10.2 Å². The van der Waals surface area contributed by atoms with Gasteiger partial charge in [-0.05, 0) is 78.3 Å². The SMILES string of the molecule is O=C(Nc1ccc2c(c1)CN(C1CCSCC1)CC2)c1ccc(C(F)(F)F)cc1. The van der Waals surface area contributed by atoms with Crippen molar-refractivity contribution in [3.05, 3.63) is 64.7 Å². The highest BCUT2D eigenvalue weighted by Crippen LogP contribution is 2.30. The Morgan fingerprint density at radius 2 is 1.76 bits per heavy atom. The monoisotopic (exact) mass is 420 g/mol. The van der Waals surface area contributed by atoms with Gasteiger partial charge in [0.1, 0.15) is 0 Å². The van der Waals surface area contributed by atoms with E-state index in [0.717, 1.165) is 31.6 Å². The second-order valence-electron chi connectivity index (χ2n) is 7.58. The zero-order valence-electron chi connectivity index (χ0n) is 16.0. The second-order valence-corrected chi connectivity index (χ2v) is 8.80. The summed E-state index contributed by atoms with van der Waals surface area (Å²) in [5.74, 6) is 2.03. The number of amides is 1. The van der Waals surface area contributed by atoms with Crippen LogP contribution in [0.1, 0.15) is 39.9 Å². The molecule has 2 heterocycles. The number of halogens is 3. The number of nitrogens with zero attached hydrogens (tertiary/aromatic N) is 1. The first-order valence-electron chi connectivity index (χ1n) is 9.82. The van der Waals surface area contributed by atoms with Gasteiger partial charge in [-0.1, -0.05) is 6.07 Å². The van der Waals surface area contributed by atoms with E-state index in [9.17, 15) is 18.0 Å². The van der Waals surface area contributed by atoms with Gasteiger partial charge in [-0.25, -0.2) is 0 Å². The molecule has 29 heavy (non-hydrogen) atoms. The van der Waals surface area contributed by atoms with Gasteiger partial charge < -0.3 is 5.32 Å². The van der Waals surface area contributed by atoms with E-state index in [1.165, 1.54) is 47.6 Å². The van der Waals surface area contributed by atoms with Crippen molar-refractivity contribution >= 4 is 23.4 Å². The van der Waals surface area contributed by atoms with Crippen LogP contribution in [0.5, 0.6) is 0 Å². The average Bonchev–Trinajstić information content (AvgIpc) is 2.73. The Balaban J connectivity index is 1.44. The summed E-state index contributed by atoms with van der Waals surface area (Å²) in [7, 11) is 0. The smallest absolute Gasteiger partial charge is 0.322 e. The zero-order valence-corrected chi connectivity index (χ0v) is 16.8. The van der Waals surface area contributed by atoms with E-state index in [0.29, 0.717) is 11.7 Å². The van der Waals surface area contributed by atoms with Gasteiger partial charge in [0.25, 0.3) is 5.91 Å². The fourth-order valence-electron chi connectivity index (χ4n) is 4.03. The lowest BCUT2D eigenvalue weighted by molar-refractivity contribution is -0.137. The Kier molecular flexibility index (Phi) is 5.88. The largest absolute Gasteiger partial charge is 0.416 e. The zero-order chi connectivity index (χ0) is 20.4. The molecule has 0 unspecified atom stereocenters. The second kappa shape index (κ2) is 8.40. The molecule has 0 saturated carbocycles. The molecule has 3 nitrogen and oxygen atoms in total. The molecule has 0 aliphatic carbocycles. The number of alkyl halides is 3. The number of hydrogen-bond donors (Lipinski definition) is 1. The predicted molar refractivity (Wildman–Crippen MR) is 110 cm³/mol. The van der Waals surface area contributed by atoms with Crippen LogP contribution in [0.4, 0.5) is 18.9 Å². The minimum Gasteiger partial charge on any atom is -0.322 e. The summed E-state index contributed by atoms with van der Waals surface area (Å²) in [6.07, 6.45) is -0.947. The summed E-state index contributed by atoms with van der Waals surface area (Å²) in [4.78, 5) is 15.0. The molecule has 2 aromatic carbocycles. The summed E-state index contributed by atoms with van der Waals surface area (Å²) >= 11 is 2.02. The van der Waals surface area contributed by atoms with E-state index in [4.69, 9.17) is 0 Å². The molecule has 0 spiro atoms. The summed E-state index contributed by atoms with van der Waals surface area (Å²) < 4.78 is 38.1. The third-order valence-electron chi connectivity index (χ3n) is 5.69. The first-order valence-corrected chi connectivity index (χ1v) is 11.0. The van der Waals surface area contributed by atoms with Crippen molar-refractivity contribution in [1.82, 2.24) is 4.90 Å². The number of anilines is 1. The maximum atomic E-state index is 12.7. The minimum absolute atomic E-state index is 0.206. The summed E-state index contributed by atoms with van der Waals surface area (Å²) in [6, 6.07) is 10.8. The topological polar surface area (TPSA) is 32.3 Å². The van der Waals surface area contributed by atoms with Crippen molar-refractivity contribution in [1.29, 1.82) is 0 Å². The predicted octanol–water partition coefficient (Wildman–Crippen LogP) is 5.21. The molecule has 4 rings (SSSR count). The molecule has 0 aromatic heterocycles. The van der Waals surface area contributed by atoms with Crippen molar-refractivity contribution < 1.29 is 18.0 Å². The Morgan fingerprint density at radius 3 is 2.45 bits per heavy atom. The Labute approximate surface area is 172 Å². The van der Waals surface area contributed by atoms with Crippen LogP contribution in [0.15, 0.2) is 42.5 Å². The summed E-state index contributed by atoms with van der Waals surface area (Å²) in [5.41, 5.74) is 2.65. The quantitative estimate of drug-likeness (QED) is 0.740. The molecular weight excluding hydrogens is 397 g/mol. The lowest BCUT2D eigenvalue weighted by atomic mass is 9.96. The maximum absolute atomic E-state index is 12.7. The molecule has 1 amide bonds. The van der Waals surface area contributed by atoms with Crippen LogP contribution in [0, 0.1) is 0 Å². The van der Waals surface area contributed by atoms with E-state index in [1.54, 1.807) is 0 Å². The number of nitrogens with one attached hydrogen (secondary N) is 1. The fraction of sp³-hybridized carbons (Fsp3) is 0.409. The molecule has 7 heteroatoms. The van der Waals surface area contributed by atoms with Crippen molar-refractivity contribution in [2.45, 2.75) is 38.0 Å². The summed E-state index contributed by atoms with van der Waals surface area (Å²) in [6.45, 7) is 1.95. The first kappa shape index (κ1) is 20.3. The number of rotatable bonds is 3. The van der Waals surface area contributed by atoms with Gasteiger partial charge in [-0.3, -0.25) is 9.69 Å². The van der Waals surface area contributed by atoms with Gasteiger partial charge in [0, 0.05) is 30.4 Å². The highest BCUT2D eigenvalue weighted by molar-refractivity contribution is 7.99. The van der Waals surface area contributed by atoms with Crippen LogP contribution >= 0.6 is 11.8 Å². The lowest BCUT2D eigenvalue weighted by Gasteiger charge is -2.37. The Bertz CT molecular complexity index is 877. The third-order valence-corrected chi connectivity index (χ3v) is 6.74. The number of thioether (sulfide) groups is 1. The molecule has 0 radical (unpaired) electrons. The molecule has 2 aliphatic heterocycles. The van der Waals surface area contributed by atoms with Crippen LogP contribution in [0.2, 0.25) is 0 Å². The molecule has 1 N–H and O–H groups in total. The first-order chi connectivity index (χ1) is 13.9. The highest BCUT2D eigenvalue weighted by atomic mass is 32.2. The number of hydrogen-bond acceptors (Lipinski definition) is 3. The molecule has 154 valence electrons. The number of fused-ring (bicyclic) bond motifs is 1. The van der Waals surface area contributed by atoms with Gasteiger partial charge in [0.2, 0.25) is 0 Å². The maximum Gasteiger partial charge on any atom is 0.416 e. The van der Waals surface area contributed by atoms with Crippen molar-refractivity contribution in [2.75, 3.05) is 23.4 Å². The van der Waals surface area contributed by atoms with E-state index in [-0.39, 0.29) is 5.56 Å². The Hall–Kier alpha value is -1.99. The van der Waals surface area contributed by atoms with Crippen LogP contribution in [-0.2, 0) is 19.1 Å². The molecule has 0 bridgehead atoms. The van der Waals surface area contributed by atoms with Crippen molar-refractivity contribution in [3.63, 3.8) is 0 Å². The van der Waals surface area contributed by atoms with Gasteiger partial charge in [0.15, 0.2) is 0 Å². The molecule has 1 fully saturated rings. The average molecular weight is 421 g/mol. The van der Waals surface area contributed by atoms with Gasteiger partial charge in [-0.2, -0.15) is 24.9 Å². The fourth-order valence-corrected chi connectivity index (χ4v) is 5.11. The highest BCUT2D eigenvalue weighted by Gasteiger charge is 2.30.